The molecule has 68 valence electrons. The molecule has 1 atom stereocenters. The molecule has 0 aliphatic heterocycles. The molecule has 2 N–H and O–H groups in total. The average molecular weight is 250 g/mol. The maximum absolute atomic E-state index is 8.75. The van der Waals surface area contributed by atoms with Gasteiger partial charge in [0.05, 0.1) is 10.4 Å². The second kappa shape index (κ2) is 4.97. The van der Waals surface area contributed by atoms with Crippen molar-refractivity contribution in [2.24, 2.45) is 0 Å². The smallest absolute Gasteiger partial charge is 0.0701 e. The summed E-state index contributed by atoms with van der Waals surface area (Å²) in [5, 5.41) is 12.0. The molecule has 0 saturated heterocycles. The summed E-state index contributed by atoms with van der Waals surface area (Å²) in [6, 6.07) is 4.28. The highest BCUT2D eigenvalue weighted by molar-refractivity contribution is 9.11. The van der Waals surface area contributed by atoms with Crippen molar-refractivity contribution < 1.29 is 5.11 Å². The third kappa shape index (κ3) is 3.23. The van der Waals surface area contributed by atoms with Gasteiger partial charge < -0.3 is 10.4 Å². The molecule has 1 aromatic heterocycles. The maximum Gasteiger partial charge on any atom is 0.0701 e. The highest BCUT2D eigenvalue weighted by atomic mass is 79.9. The zero-order valence-electron chi connectivity index (χ0n) is 6.88. The number of thiophene rings is 1. The van der Waals surface area contributed by atoms with E-state index in [9.17, 15) is 0 Å². The third-order valence-corrected chi connectivity index (χ3v) is 3.15. The summed E-state index contributed by atoms with van der Waals surface area (Å²) in [7, 11) is 0. The quantitative estimate of drug-likeness (QED) is 0.856. The molecule has 1 rings (SSSR count). The summed E-state index contributed by atoms with van der Waals surface area (Å²) in [5.74, 6) is 0. The van der Waals surface area contributed by atoms with Crippen LogP contribution in [0.5, 0.6) is 0 Å². The van der Waals surface area contributed by atoms with Crippen molar-refractivity contribution in [2.45, 2.75) is 19.5 Å². The van der Waals surface area contributed by atoms with Gasteiger partial charge in [0.2, 0.25) is 0 Å². The van der Waals surface area contributed by atoms with Crippen LogP contribution in [0.1, 0.15) is 11.8 Å². The summed E-state index contributed by atoms with van der Waals surface area (Å²) < 4.78 is 1.15. The van der Waals surface area contributed by atoms with Crippen LogP contribution >= 0.6 is 27.3 Å². The van der Waals surface area contributed by atoms with Crippen LogP contribution in [0.2, 0.25) is 0 Å². The van der Waals surface area contributed by atoms with Crippen LogP contribution in [0.3, 0.4) is 0 Å². The minimum absolute atomic E-state index is 0.172. The van der Waals surface area contributed by atoms with Crippen molar-refractivity contribution in [3.63, 3.8) is 0 Å². The largest absolute Gasteiger partial charge is 0.395 e. The lowest BCUT2D eigenvalue weighted by Crippen LogP contribution is -2.28. The Balaban J connectivity index is 2.33. The molecular weight excluding hydrogens is 238 g/mol. The Morgan fingerprint density at radius 2 is 2.42 bits per heavy atom. The molecule has 0 amide bonds. The van der Waals surface area contributed by atoms with Gasteiger partial charge in [-0.15, -0.1) is 11.3 Å². The van der Waals surface area contributed by atoms with Crippen molar-refractivity contribution in [1.29, 1.82) is 0 Å². The summed E-state index contributed by atoms with van der Waals surface area (Å²) in [5.41, 5.74) is 0. The van der Waals surface area contributed by atoms with E-state index < -0.39 is 0 Å². The first kappa shape index (κ1) is 10.2. The van der Waals surface area contributed by atoms with Crippen LogP contribution in [-0.2, 0) is 6.54 Å². The molecule has 4 heteroatoms. The van der Waals surface area contributed by atoms with Crippen LogP contribution in [-0.4, -0.2) is 17.8 Å². The molecule has 0 bridgehead atoms. The van der Waals surface area contributed by atoms with E-state index >= 15 is 0 Å². The van der Waals surface area contributed by atoms with Crippen LogP contribution in [0, 0.1) is 0 Å². The molecule has 0 radical (unpaired) electrons. The van der Waals surface area contributed by atoms with Crippen molar-refractivity contribution >= 4 is 27.3 Å². The zero-order valence-corrected chi connectivity index (χ0v) is 9.28. The summed E-state index contributed by atoms with van der Waals surface area (Å²) in [4.78, 5) is 1.28. The SMILES string of the molecule is C[C@@H](CO)NCc1ccc(Br)s1. The molecule has 0 unspecified atom stereocenters. The van der Waals surface area contributed by atoms with Gasteiger partial charge in [-0.3, -0.25) is 0 Å². The standard InChI is InChI=1S/C8H12BrNOS/c1-6(5-11)10-4-7-2-3-8(9)12-7/h2-3,6,10-11H,4-5H2,1H3/t6-/m0/s1. The van der Waals surface area contributed by atoms with Crippen molar-refractivity contribution in [3.05, 3.63) is 20.8 Å². The van der Waals surface area contributed by atoms with E-state index in [1.807, 2.05) is 13.0 Å². The fraction of sp³-hybridized carbons (Fsp3) is 0.500. The van der Waals surface area contributed by atoms with E-state index in [-0.39, 0.29) is 12.6 Å². The predicted octanol–water partition coefficient (Wildman–Crippen LogP) is 1.98. The molecule has 0 aromatic carbocycles. The van der Waals surface area contributed by atoms with Crippen LogP contribution in [0.25, 0.3) is 0 Å². The lowest BCUT2D eigenvalue weighted by molar-refractivity contribution is 0.251. The van der Waals surface area contributed by atoms with E-state index in [0.717, 1.165) is 10.3 Å². The van der Waals surface area contributed by atoms with Gasteiger partial charge in [0.25, 0.3) is 0 Å². The zero-order chi connectivity index (χ0) is 8.97. The predicted molar refractivity (Wildman–Crippen MR) is 55.4 cm³/mol. The summed E-state index contributed by atoms with van der Waals surface area (Å²) in [6.07, 6.45) is 0. The van der Waals surface area contributed by atoms with Gasteiger partial charge >= 0.3 is 0 Å². The van der Waals surface area contributed by atoms with Gasteiger partial charge in [-0.25, -0.2) is 0 Å². The average Bonchev–Trinajstić information content (AvgIpc) is 2.47. The molecule has 1 heterocycles. The molecule has 0 spiro atoms. The Hall–Kier alpha value is 0.1000. The number of nitrogens with one attached hydrogen (secondary N) is 1. The van der Waals surface area contributed by atoms with Crippen molar-refractivity contribution in [2.75, 3.05) is 6.61 Å². The van der Waals surface area contributed by atoms with Gasteiger partial charge in [-0.1, -0.05) is 0 Å². The van der Waals surface area contributed by atoms with E-state index in [1.54, 1.807) is 11.3 Å². The molecule has 0 aliphatic carbocycles. The molecule has 12 heavy (non-hydrogen) atoms. The van der Waals surface area contributed by atoms with Crippen molar-refractivity contribution in [3.8, 4) is 0 Å². The Morgan fingerprint density at radius 3 is 2.92 bits per heavy atom. The van der Waals surface area contributed by atoms with Gasteiger partial charge in [-0.2, -0.15) is 0 Å². The number of halogens is 1. The molecule has 1 aromatic rings. The third-order valence-electron chi connectivity index (χ3n) is 1.53. The number of aliphatic hydroxyl groups is 1. The Kier molecular flexibility index (Phi) is 4.21. The Morgan fingerprint density at radius 1 is 1.67 bits per heavy atom. The van der Waals surface area contributed by atoms with E-state index in [1.165, 1.54) is 4.88 Å². The number of aliphatic hydroxyl groups excluding tert-OH is 1. The second-order valence-electron chi connectivity index (χ2n) is 2.67. The van der Waals surface area contributed by atoms with Crippen molar-refractivity contribution in [1.82, 2.24) is 5.32 Å². The number of rotatable bonds is 4. The lowest BCUT2D eigenvalue weighted by Gasteiger charge is -2.08. The normalized spacial score (nSPS) is 13.2. The minimum atomic E-state index is 0.172. The summed E-state index contributed by atoms with van der Waals surface area (Å²) in [6.45, 7) is 2.98. The molecule has 2 nitrogen and oxygen atoms in total. The highest BCUT2D eigenvalue weighted by Crippen LogP contribution is 2.21. The van der Waals surface area contributed by atoms with E-state index in [2.05, 4.69) is 27.3 Å². The van der Waals surface area contributed by atoms with Gasteiger partial charge in [0.15, 0.2) is 0 Å². The van der Waals surface area contributed by atoms with Gasteiger partial charge in [0, 0.05) is 17.5 Å². The maximum atomic E-state index is 8.75. The lowest BCUT2D eigenvalue weighted by atomic mass is 10.3. The Labute approximate surface area is 84.7 Å². The molecular formula is C8H12BrNOS. The topological polar surface area (TPSA) is 32.3 Å². The first-order chi connectivity index (χ1) is 5.72. The fourth-order valence-electron chi connectivity index (χ4n) is 0.786. The molecule has 0 aliphatic rings. The first-order valence-corrected chi connectivity index (χ1v) is 5.42. The summed E-state index contributed by atoms with van der Waals surface area (Å²) >= 11 is 5.11. The van der Waals surface area contributed by atoms with E-state index in [0.29, 0.717) is 0 Å². The minimum Gasteiger partial charge on any atom is -0.395 e. The van der Waals surface area contributed by atoms with Gasteiger partial charge in [-0.05, 0) is 35.0 Å². The number of hydrogen-bond donors (Lipinski definition) is 2. The monoisotopic (exact) mass is 249 g/mol. The second-order valence-corrected chi connectivity index (χ2v) is 5.22. The molecule has 0 saturated carbocycles. The van der Waals surface area contributed by atoms with Crippen LogP contribution in [0.15, 0.2) is 15.9 Å². The van der Waals surface area contributed by atoms with E-state index in [4.69, 9.17) is 5.11 Å². The highest BCUT2D eigenvalue weighted by Gasteiger charge is 2.00. The van der Waals surface area contributed by atoms with Crippen LogP contribution < -0.4 is 5.32 Å². The Bertz CT molecular complexity index is 239. The number of hydrogen-bond acceptors (Lipinski definition) is 3. The molecule has 0 fully saturated rings. The van der Waals surface area contributed by atoms with Gasteiger partial charge in [0.1, 0.15) is 0 Å². The fourth-order valence-corrected chi connectivity index (χ4v) is 2.22. The van der Waals surface area contributed by atoms with Crippen LogP contribution in [0.4, 0.5) is 0 Å². The first-order valence-electron chi connectivity index (χ1n) is 3.81.